The monoisotopic (exact) mass is 295 g/mol. The molecule has 4 heteroatoms. The molecule has 3 saturated heterocycles. The lowest BCUT2D eigenvalue weighted by molar-refractivity contribution is -0.0470. The molecule has 0 radical (unpaired) electrons. The summed E-state index contributed by atoms with van der Waals surface area (Å²) in [6, 6.07) is 0.851. The van der Waals surface area contributed by atoms with E-state index < -0.39 is 0 Å². The maximum absolute atomic E-state index is 6.03. The maximum Gasteiger partial charge on any atom is 0.0830 e. The Bertz CT molecular complexity index is 296. The van der Waals surface area contributed by atoms with Crippen LogP contribution in [0.15, 0.2) is 0 Å². The van der Waals surface area contributed by atoms with Gasteiger partial charge in [-0.15, -0.1) is 0 Å². The quantitative estimate of drug-likeness (QED) is 0.858. The van der Waals surface area contributed by atoms with Gasteiger partial charge in [0.25, 0.3) is 0 Å². The summed E-state index contributed by atoms with van der Waals surface area (Å²) in [4.78, 5) is 5.41. The lowest BCUT2D eigenvalue weighted by Crippen LogP contribution is -2.51. The molecule has 0 bridgehead atoms. The van der Waals surface area contributed by atoms with Crippen LogP contribution >= 0.6 is 0 Å². The van der Waals surface area contributed by atoms with Crippen molar-refractivity contribution in [3.05, 3.63) is 0 Å². The number of piperidine rings is 1. The molecule has 21 heavy (non-hydrogen) atoms. The van der Waals surface area contributed by atoms with Crippen LogP contribution in [0.2, 0.25) is 0 Å². The number of morpholine rings is 1. The number of nitrogens with one attached hydrogen (secondary N) is 1. The van der Waals surface area contributed by atoms with Gasteiger partial charge < -0.3 is 19.9 Å². The predicted molar refractivity (Wildman–Crippen MR) is 86.7 cm³/mol. The van der Waals surface area contributed by atoms with Crippen LogP contribution in [0.4, 0.5) is 0 Å². The first-order chi connectivity index (χ1) is 10.3. The summed E-state index contributed by atoms with van der Waals surface area (Å²) in [6.07, 6.45) is 9.20. The Morgan fingerprint density at radius 2 is 1.67 bits per heavy atom. The van der Waals surface area contributed by atoms with E-state index in [1.165, 1.54) is 64.7 Å². The first-order valence-corrected chi connectivity index (χ1v) is 9.14. The number of rotatable bonds is 3. The van der Waals surface area contributed by atoms with Crippen molar-refractivity contribution in [3.8, 4) is 0 Å². The van der Waals surface area contributed by atoms with E-state index in [2.05, 4.69) is 22.0 Å². The van der Waals surface area contributed by atoms with Gasteiger partial charge in [-0.3, -0.25) is 0 Å². The third-order valence-electron chi connectivity index (χ3n) is 5.40. The lowest BCUT2D eigenvalue weighted by atomic mass is 10.0. The minimum Gasteiger partial charge on any atom is -0.371 e. The second kappa shape index (κ2) is 7.91. The summed E-state index contributed by atoms with van der Waals surface area (Å²) in [6.45, 7) is 10.5. The van der Waals surface area contributed by atoms with Gasteiger partial charge >= 0.3 is 0 Å². The smallest absolute Gasteiger partial charge is 0.0830 e. The van der Waals surface area contributed by atoms with Crippen molar-refractivity contribution in [3.63, 3.8) is 0 Å². The van der Waals surface area contributed by atoms with Gasteiger partial charge in [0.2, 0.25) is 0 Å². The van der Waals surface area contributed by atoms with Gasteiger partial charge in [0.1, 0.15) is 0 Å². The molecule has 0 saturated carbocycles. The fourth-order valence-corrected chi connectivity index (χ4v) is 4.20. The van der Waals surface area contributed by atoms with Crippen molar-refractivity contribution in [2.75, 3.05) is 45.8 Å². The van der Waals surface area contributed by atoms with Crippen LogP contribution in [0, 0.1) is 0 Å². The number of hydrogen-bond acceptors (Lipinski definition) is 4. The number of hydrogen-bond donors (Lipinski definition) is 1. The fraction of sp³-hybridized carbons (Fsp3) is 1.00. The van der Waals surface area contributed by atoms with E-state index >= 15 is 0 Å². The summed E-state index contributed by atoms with van der Waals surface area (Å²) in [5.74, 6) is 0. The van der Waals surface area contributed by atoms with Crippen LogP contribution in [-0.2, 0) is 4.74 Å². The Balaban J connectivity index is 1.40. The normalized spacial score (nSPS) is 34.7. The van der Waals surface area contributed by atoms with Crippen molar-refractivity contribution >= 4 is 0 Å². The molecule has 0 aromatic heterocycles. The summed E-state index contributed by atoms with van der Waals surface area (Å²) in [5, 5.41) is 3.48. The van der Waals surface area contributed by atoms with E-state index in [4.69, 9.17) is 4.74 Å². The summed E-state index contributed by atoms with van der Waals surface area (Å²) in [7, 11) is 0. The topological polar surface area (TPSA) is 27.7 Å². The molecule has 0 unspecified atom stereocenters. The number of ether oxygens (including phenoxy) is 1. The van der Waals surface area contributed by atoms with Crippen molar-refractivity contribution < 1.29 is 4.74 Å². The first kappa shape index (κ1) is 15.7. The van der Waals surface area contributed by atoms with Gasteiger partial charge in [-0.1, -0.05) is 12.8 Å². The van der Waals surface area contributed by atoms with Crippen LogP contribution in [0.5, 0.6) is 0 Å². The van der Waals surface area contributed by atoms with E-state index in [-0.39, 0.29) is 0 Å². The average Bonchev–Trinajstić information content (AvgIpc) is 2.77. The number of nitrogens with zero attached hydrogens (tertiary/aromatic N) is 2. The Labute approximate surface area is 130 Å². The molecule has 0 amide bonds. The largest absolute Gasteiger partial charge is 0.371 e. The third kappa shape index (κ3) is 4.65. The standard InChI is InChI=1S/C17H33N3O/c1-15-12-18-13-17(21-15)14-19-10-6-16(7-11-19)20-8-4-2-3-5-9-20/h15-18H,2-14H2,1H3/t15-,17+/m1/s1. The van der Waals surface area contributed by atoms with E-state index in [1.807, 2.05) is 0 Å². The molecular formula is C17H33N3O. The van der Waals surface area contributed by atoms with Crippen molar-refractivity contribution in [1.29, 1.82) is 0 Å². The van der Waals surface area contributed by atoms with Crippen molar-refractivity contribution in [2.24, 2.45) is 0 Å². The first-order valence-electron chi connectivity index (χ1n) is 9.14. The van der Waals surface area contributed by atoms with Crippen LogP contribution in [0.1, 0.15) is 45.4 Å². The molecule has 3 rings (SSSR count). The lowest BCUT2D eigenvalue weighted by Gasteiger charge is -2.40. The van der Waals surface area contributed by atoms with Gasteiger partial charge in [0.05, 0.1) is 12.2 Å². The second-order valence-corrected chi connectivity index (χ2v) is 7.21. The Morgan fingerprint density at radius 1 is 0.952 bits per heavy atom. The minimum absolute atomic E-state index is 0.374. The molecule has 0 aromatic rings. The summed E-state index contributed by atoms with van der Waals surface area (Å²) < 4.78 is 6.03. The molecule has 2 atom stereocenters. The Kier molecular flexibility index (Phi) is 5.92. The van der Waals surface area contributed by atoms with Crippen molar-refractivity contribution in [1.82, 2.24) is 15.1 Å². The summed E-state index contributed by atoms with van der Waals surface area (Å²) >= 11 is 0. The highest BCUT2D eigenvalue weighted by atomic mass is 16.5. The molecule has 0 spiro atoms. The zero-order chi connectivity index (χ0) is 14.5. The minimum atomic E-state index is 0.374. The SMILES string of the molecule is C[C@@H]1CNC[C@@H](CN2CCC(N3CCCCCC3)CC2)O1. The maximum atomic E-state index is 6.03. The van der Waals surface area contributed by atoms with E-state index in [1.54, 1.807) is 0 Å². The molecule has 4 nitrogen and oxygen atoms in total. The average molecular weight is 295 g/mol. The van der Waals surface area contributed by atoms with Crippen LogP contribution in [0.3, 0.4) is 0 Å². The molecule has 122 valence electrons. The highest BCUT2D eigenvalue weighted by molar-refractivity contribution is 4.83. The Hall–Kier alpha value is -0.160. The molecule has 3 fully saturated rings. The van der Waals surface area contributed by atoms with Gasteiger partial charge in [-0.2, -0.15) is 0 Å². The zero-order valence-corrected chi connectivity index (χ0v) is 13.7. The third-order valence-corrected chi connectivity index (χ3v) is 5.40. The van der Waals surface area contributed by atoms with E-state index in [0.717, 1.165) is 25.7 Å². The molecular weight excluding hydrogens is 262 g/mol. The molecule has 3 heterocycles. The molecule has 0 aromatic carbocycles. The van der Waals surface area contributed by atoms with Gasteiger partial charge in [0, 0.05) is 25.7 Å². The van der Waals surface area contributed by atoms with E-state index in [9.17, 15) is 0 Å². The van der Waals surface area contributed by atoms with Crippen LogP contribution in [0.25, 0.3) is 0 Å². The molecule has 0 aliphatic carbocycles. The van der Waals surface area contributed by atoms with E-state index in [0.29, 0.717) is 12.2 Å². The molecule has 1 N–H and O–H groups in total. The zero-order valence-electron chi connectivity index (χ0n) is 13.7. The van der Waals surface area contributed by atoms with Crippen LogP contribution < -0.4 is 5.32 Å². The summed E-state index contributed by atoms with van der Waals surface area (Å²) in [5.41, 5.74) is 0. The Morgan fingerprint density at radius 3 is 2.33 bits per heavy atom. The highest BCUT2D eigenvalue weighted by Crippen LogP contribution is 2.21. The van der Waals surface area contributed by atoms with Gasteiger partial charge in [-0.25, -0.2) is 0 Å². The van der Waals surface area contributed by atoms with Gasteiger partial charge in [-0.05, 0) is 58.8 Å². The highest BCUT2D eigenvalue weighted by Gasteiger charge is 2.27. The van der Waals surface area contributed by atoms with Gasteiger partial charge in [0.15, 0.2) is 0 Å². The second-order valence-electron chi connectivity index (χ2n) is 7.21. The van der Waals surface area contributed by atoms with Crippen molar-refractivity contribution in [2.45, 2.75) is 63.7 Å². The molecule has 3 aliphatic heterocycles. The predicted octanol–water partition coefficient (Wildman–Crippen LogP) is 1.70. The fourth-order valence-electron chi connectivity index (χ4n) is 4.20. The molecule has 3 aliphatic rings. The van der Waals surface area contributed by atoms with Crippen LogP contribution in [-0.4, -0.2) is 73.9 Å². The number of likely N-dealkylation sites (tertiary alicyclic amines) is 2.